The van der Waals surface area contributed by atoms with E-state index < -0.39 is 0 Å². The number of ether oxygens (including phenoxy) is 1. The highest BCUT2D eigenvalue weighted by Gasteiger charge is 2.21. The molecule has 1 aromatic carbocycles. The van der Waals surface area contributed by atoms with Crippen LogP contribution in [0.5, 0.6) is 5.75 Å². The van der Waals surface area contributed by atoms with Crippen LogP contribution in [0.15, 0.2) is 18.2 Å². The Morgan fingerprint density at radius 3 is 2.76 bits per heavy atom. The molecule has 1 fully saturated rings. The van der Waals surface area contributed by atoms with Gasteiger partial charge in [-0.2, -0.15) is 0 Å². The Bertz CT molecular complexity index is 384. The molecule has 1 aliphatic rings. The molecule has 1 aromatic rings. The summed E-state index contributed by atoms with van der Waals surface area (Å²) in [6.07, 6.45) is 4.71. The Balaban J connectivity index is 2.05. The third-order valence-electron chi connectivity index (χ3n) is 3.32. The molecule has 0 saturated heterocycles. The van der Waals surface area contributed by atoms with E-state index in [9.17, 15) is 0 Å². The molecule has 2 atom stereocenters. The first-order valence-electron chi connectivity index (χ1n) is 6.06. The van der Waals surface area contributed by atoms with Crippen LogP contribution in [0.4, 0.5) is 5.69 Å². The van der Waals surface area contributed by atoms with E-state index in [1.165, 1.54) is 12.8 Å². The fourth-order valence-electron chi connectivity index (χ4n) is 2.31. The largest absolute Gasteiger partial charge is 0.495 e. The van der Waals surface area contributed by atoms with E-state index in [0.717, 1.165) is 18.5 Å². The summed E-state index contributed by atoms with van der Waals surface area (Å²) >= 11 is 6.09. The van der Waals surface area contributed by atoms with Gasteiger partial charge < -0.3 is 15.8 Å². The summed E-state index contributed by atoms with van der Waals surface area (Å²) in [6, 6.07) is 6.34. The number of nitrogens with one attached hydrogen (secondary N) is 1. The minimum atomic E-state index is 0.240. The highest BCUT2D eigenvalue weighted by atomic mass is 35.5. The van der Waals surface area contributed by atoms with Crippen LogP contribution in [-0.4, -0.2) is 19.2 Å². The fourth-order valence-corrected chi connectivity index (χ4v) is 2.57. The summed E-state index contributed by atoms with van der Waals surface area (Å²) in [7, 11) is 1.62. The lowest BCUT2D eigenvalue weighted by atomic mass is 9.91. The first-order valence-corrected chi connectivity index (χ1v) is 6.44. The van der Waals surface area contributed by atoms with E-state index in [1.54, 1.807) is 7.11 Å². The summed E-state index contributed by atoms with van der Waals surface area (Å²) in [5.41, 5.74) is 7.11. The maximum atomic E-state index is 6.10. The number of hydrogen-bond donors (Lipinski definition) is 2. The molecule has 0 amide bonds. The number of rotatable bonds is 3. The number of benzene rings is 1. The molecule has 17 heavy (non-hydrogen) atoms. The molecule has 0 aromatic heterocycles. The minimum absolute atomic E-state index is 0.240. The second kappa shape index (κ2) is 5.61. The molecule has 1 saturated carbocycles. The van der Waals surface area contributed by atoms with Crippen LogP contribution in [0.2, 0.25) is 5.02 Å². The SMILES string of the molecule is COc1ccc(N[C@@H]2CCCC[C@@H]2N)cc1Cl. The average Bonchev–Trinajstić information content (AvgIpc) is 2.32. The first-order chi connectivity index (χ1) is 8.20. The van der Waals surface area contributed by atoms with Crippen LogP contribution < -0.4 is 15.8 Å². The zero-order valence-electron chi connectivity index (χ0n) is 10.1. The third kappa shape index (κ3) is 3.05. The van der Waals surface area contributed by atoms with Gasteiger partial charge in [0.2, 0.25) is 0 Å². The van der Waals surface area contributed by atoms with Crippen molar-refractivity contribution in [1.29, 1.82) is 0 Å². The van der Waals surface area contributed by atoms with Crippen LogP contribution in [0.1, 0.15) is 25.7 Å². The zero-order chi connectivity index (χ0) is 12.3. The maximum Gasteiger partial charge on any atom is 0.137 e. The molecular formula is C13H19ClN2O. The van der Waals surface area contributed by atoms with Crippen LogP contribution in [0, 0.1) is 0 Å². The van der Waals surface area contributed by atoms with Gasteiger partial charge in [-0.15, -0.1) is 0 Å². The first kappa shape index (κ1) is 12.5. The van der Waals surface area contributed by atoms with Gasteiger partial charge in [-0.1, -0.05) is 24.4 Å². The van der Waals surface area contributed by atoms with Crippen molar-refractivity contribution in [3.63, 3.8) is 0 Å². The quantitative estimate of drug-likeness (QED) is 0.872. The van der Waals surface area contributed by atoms with Gasteiger partial charge in [0.05, 0.1) is 12.1 Å². The lowest BCUT2D eigenvalue weighted by molar-refractivity contribution is 0.403. The molecule has 0 radical (unpaired) electrons. The van der Waals surface area contributed by atoms with Crippen LogP contribution >= 0.6 is 11.6 Å². The Labute approximate surface area is 107 Å². The van der Waals surface area contributed by atoms with E-state index in [2.05, 4.69) is 5.32 Å². The minimum Gasteiger partial charge on any atom is -0.495 e. The standard InChI is InChI=1S/C13H19ClN2O/c1-17-13-7-6-9(8-10(13)14)16-12-5-3-2-4-11(12)15/h6-8,11-12,16H,2-5,15H2,1H3/t11-,12+/m0/s1. The van der Waals surface area contributed by atoms with Crippen molar-refractivity contribution in [2.75, 3.05) is 12.4 Å². The molecule has 3 N–H and O–H groups in total. The molecule has 0 heterocycles. The summed E-state index contributed by atoms with van der Waals surface area (Å²) in [6.45, 7) is 0. The molecule has 0 unspecified atom stereocenters. The average molecular weight is 255 g/mol. The summed E-state index contributed by atoms with van der Waals surface area (Å²) in [5.74, 6) is 0.699. The van der Waals surface area contributed by atoms with Crippen molar-refractivity contribution in [1.82, 2.24) is 0 Å². The van der Waals surface area contributed by atoms with Crippen LogP contribution in [0.25, 0.3) is 0 Å². The predicted octanol–water partition coefficient (Wildman–Crippen LogP) is 3.03. The van der Waals surface area contributed by atoms with Crippen molar-refractivity contribution in [2.45, 2.75) is 37.8 Å². The molecule has 94 valence electrons. The van der Waals surface area contributed by atoms with Crippen molar-refractivity contribution in [2.24, 2.45) is 5.73 Å². The Morgan fingerprint density at radius 2 is 2.12 bits per heavy atom. The Morgan fingerprint density at radius 1 is 1.35 bits per heavy atom. The van der Waals surface area contributed by atoms with Gasteiger partial charge in [0.15, 0.2) is 0 Å². The van der Waals surface area contributed by atoms with Gasteiger partial charge in [0.1, 0.15) is 5.75 Å². The fraction of sp³-hybridized carbons (Fsp3) is 0.538. The van der Waals surface area contributed by atoms with Crippen molar-refractivity contribution in [3.8, 4) is 5.75 Å². The number of halogens is 1. The third-order valence-corrected chi connectivity index (χ3v) is 3.62. The van der Waals surface area contributed by atoms with Crippen molar-refractivity contribution in [3.05, 3.63) is 23.2 Å². The molecule has 1 aliphatic carbocycles. The molecule has 0 spiro atoms. The van der Waals surface area contributed by atoms with Gasteiger partial charge >= 0.3 is 0 Å². The molecule has 0 aliphatic heterocycles. The molecular weight excluding hydrogens is 236 g/mol. The van der Waals surface area contributed by atoms with Crippen molar-refractivity contribution < 1.29 is 4.74 Å². The topological polar surface area (TPSA) is 47.3 Å². The smallest absolute Gasteiger partial charge is 0.137 e. The van der Waals surface area contributed by atoms with Gasteiger partial charge in [-0.25, -0.2) is 0 Å². The predicted molar refractivity (Wildman–Crippen MR) is 71.9 cm³/mol. The number of anilines is 1. The van der Waals surface area contributed by atoms with E-state index in [-0.39, 0.29) is 6.04 Å². The lowest BCUT2D eigenvalue weighted by Crippen LogP contribution is -2.42. The number of methoxy groups -OCH3 is 1. The summed E-state index contributed by atoms with van der Waals surface area (Å²) in [5, 5.41) is 4.08. The highest BCUT2D eigenvalue weighted by molar-refractivity contribution is 6.32. The molecule has 0 bridgehead atoms. The van der Waals surface area contributed by atoms with E-state index >= 15 is 0 Å². The summed E-state index contributed by atoms with van der Waals surface area (Å²) < 4.78 is 5.13. The van der Waals surface area contributed by atoms with E-state index in [1.807, 2.05) is 18.2 Å². The second-order valence-electron chi connectivity index (χ2n) is 4.55. The van der Waals surface area contributed by atoms with E-state index in [4.69, 9.17) is 22.1 Å². The van der Waals surface area contributed by atoms with E-state index in [0.29, 0.717) is 16.8 Å². The normalized spacial score (nSPS) is 24.4. The zero-order valence-corrected chi connectivity index (χ0v) is 10.8. The Hall–Kier alpha value is -0.930. The lowest BCUT2D eigenvalue weighted by Gasteiger charge is -2.30. The molecule has 3 nitrogen and oxygen atoms in total. The maximum absolute atomic E-state index is 6.10. The molecule has 4 heteroatoms. The van der Waals surface area contributed by atoms with Gasteiger partial charge in [-0.3, -0.25) is 0 Å². The monoisotopic (exact) mass is 254 g/mol. The molecule has 2 rings (SSSR count). The van der Waals surface area contributed by atoms with Crippen LogP contribution in [0.3, 0.4) is 0 Å². The van der Waals surface area contributed by atoms with Crippen molar-refractivity contribution >= 4 is 17.3 Å². The number of hydrogen-bond acceptors (Lipinski definition) is 3. The Kier molecular flexibility index (Phi) is 4.13. The summed E-state index contributed by atoms with van der Waals surface area (Å²) in [4.78, 5) is 0. The van der Waals surface area contributed by atoms with Gasteiger partial charge in [-0.05, 0) is 31.0 Å². The number of nitrogens with two attached hydrogens (primary N) is 1. The van der Waals surface area contributed by atoms with Gasteiger partial charge in [0.25, 0.3) is 0 Å². The van der Waals surface area contributed by atoms with Gasteiger partial charge in [0, 0.05) is 17.8 Å². The van der Waals surface area contributed by atoms with Crippen LogP contribution in [-0.2, 0) is 0 Å². The highest BCUT2D eigenvalue weighted by Crippen LogP contribution is 2.29. The second-order valence-corrected chi connectivity index (χ2v) is 4.96.